The molecule has 90 valence electrons. The van der Waals surface area contributed by atoms with E-state index in [0.717, 1.165) is 16.0 Å². The van der Waals surface area contributed by atoms with E-state index < -0.39 is 0 Å². The molecule has 0 saturated carbocycles. The van der Waals surface area contributed by atoms with Crippen molar-refractivity contribution < 1.29 is 4.74 Å². The Bertz CT molecular complexity index is 583. The minimum atomic E-state index is 0.543. The first-order valence-corrected chi connectivity index (χ1v) is 5.90. The maximum atomic E-state index is 5.35. The fourth-order valence-electron chi connectivity index (χ4n) is 1.81. The van der Waals surface area contributed by atoms with E-state index in [-0.39, 0.29) is 0 Å². The summed E-state index contributed by atoms with van der Waals surface area (Å²) in [5, 5.41) is 3.25. The first-order valence-electron chi connectivity index (χ1n) is 5.49. The van der Waals surface area contributed by atoms with Crippen LogP contribution in [-0.2, 0) is 11.3 Å². The van der Waals surface area contributed by atoms with Crippen molar-refractivity contribution in [2.24, 2.45) is 0 Å². The lowest BCUT2D eigenvalue weighted by Crippen LogP contribution is -2.01. The fourth-order valence-corrected chi connectivity index (χ4v) is 2.10. The lowest BCUT2D eigenvalue weighted by molar-refractivity contribution is 0.181. The van der Waals surface area contributed by atoms with E-state index in [1.54, 1.807) is 7.11 Å². The Balaban J connectivity index is 2.52. The van der Waals surface area contributed by atoms with Gasteiger partial charge in [0.2, 0.25) is 0 Å². The number of methoxy groups -OCH3 is 1. The largest absolute Gasteiger partial charge is 0.378 e. The molecular formula is C13H16N2OS. The van der Waals surface area contributed by atoms with E-state index in [0.29, 0.717) is 6.61 Å². The van der Waals surface area contributed by atoms with Gasteiger partial charge in [-0.1, -0.05) is 24.4 Å². The van der Waals surface area contributed by atoms with Gasteiger partial charge in [-0.05, 0) is 37.1 Å². The van der Waals surface area contributed by atoms with Gasteiger partial charge < -0.3 is 4.74 Å². The first-order chi connectivity index (χ1) is 8.11. The van der Waals surface area contributed by atoms with Gasteiger partial charge in [-0.15, -0.1) is 0 Å². The van der Waals surface area contributed by atoms with Crippen molar-refractivity contribution in [3.05, 3.63) is 45.7 Å². The van der Waals surface area contributed by atoms with Gasteiger partial charge in [0, 0.05) is 7.11 Å². The summed E-state index contributed by atoms with van der Waals surface area (Å²) in [6.45, 7) is 4.69. The van der Waals surface area contributed by atoms with E-state index >= 15 is 0 Å². The van der Waals surface area contributed by atoms with Gasteiger partial charge in [0.1, 0.15) is 4.64 Å². The van der Waals surface area contributed by atoms with Gasteiger partial charge in [0.05, 0.1) is 18.0 Å². The molecule has 2 aromatic rings. The summed E-state index contributed by atoms with van der Waals surface area (Å²) in [6, 6.07) is 8.25. The molecule has 17 heavy (non-hydrogen) atoms. The molecule has 0 bridgehead atoms. The van der Waals surface area contributed by atoms with Gasteiger partial charge >= 0.3 is 0 Å². The van der Waals surface area contributed by atoms with E-state index in [2.05, 4.69) is 37.1 Å². The highest BCUT2D eigenvalue weighted by Crippen LogP contribution is 2.16. The normalized spacial score (nSPS) is 10.8. The Hall–Kier alpha value is -1.39. The highest BCUT2D eigenvalue weighted by atomic mass is 32.1. The molecule has 1 N–H and O–H groups in total. The SMILES string of the molecule is COCc1cc(=S)n(-c2cc(C)ccc2C)[nH]1. The second-order valence-electron chi connectivity index (χ2n) is 4.18. The van der Waals surface area contributed by atoms with Gasteiger partial charge in [-0.3, -0.25) is 5.10 Å². The van der Waals surface area contributed by atoms with Crippen molar-refractivity contribution in [3.63, 3.8) is 0 Å². The molecule has 1 aromatic carbocycles. The number of aryl methyl sites for hydroxylation is 2. The number of nitrogens with zero attached hydrogens (tertiary/aromatic N) is 1. The summed E-state index contributed by atoms with van der Waals surface area (Å²) < 4.78 is 7.79. The molecule has 2 rings (SSSR count). The van der Waals surface area contributed by atoms with Crippen molar-refractivity contribution >= 4 is 12.2 Å². The standard InChI is InChI=1S/C13H16N2OS/c1-9-4-5-10(2)12(6-9)15-13(17)7-11(14-15)8-16-3/h4-7,14H,8H2,1-3H3. The third kappa shape index (κ3) is 2.48. The number of nitrogens with one attached hydrogen (secondary N) is 1. The van der Waals surface area contributed by atoms with Crippen LogP contribution in [0.2, 0.25) is 0 Å². The summed E-state index contributed by atoms with van der Waals surface area (Å²) >= 11 is 5.35. The second-order valence-corrected chi connectivity index (χ2v) is 4.60. The van der Waals surface area contributed by atoms with Crippen LogP contribution >= 0.6 is 12.2 Å². The van der Waals surface area contributed by atoms with Crippen LogP contribution in [0.1, 0.15) is 16.8 Å². The van der Waals surface area contributed by atoms with Crippen LogP contribution in [0.3, 0.4) is 0 Å². The number of aromatic amines is 1. The molecule has 0 atom stereocenters. The molecule has 0 radical (unpaired) electrons. The molecule has 0 unspecified atom stereocenters. The fraction of sp³-hybridized carbons (Fsp3) is 0.308. The predicted molar refractivity (Wildman–Crippen MR) is 71.1 cm³/mol. The van der Waals surface area contributed by atoms with E-state index in [1.165, 1.54) is 11.1 Å². The summed E-state index contributed by atoms with van der Waals surface area (Å²) in [6.07, 6.45) is 0. The number of H-pyrrole nitrogens is 1. The average molecular weight is 248 g/mol. The molecule has 0 aliphatic rings. The Morgan fingerprint density at radius 2 is 2.06 bits per heavy atom. The second kappa shape index (κ2) is 4.85. The van der Waals surface area contributed by atoms with Crippen molar-refractivity contribution in [1.29, 1.82) is 0 Å². The highest BCUT2D eigenvalue weighted by Gasteiger charge is 2.05. The third-order valence-corrected chi connectivity index (χ3v) is 2.98. The van der Waals surface area contributed by atoms with Gasteiger partial charge in [-0.25, -0.2) is 4.68 Å². The Morgan fingerprint density at radius 3 is 2.76 bits per heavy atom. The van der Waals surface area contributed by atoms with Crippen molar-refractivity contribution in [2.45, 2.75) is 20.5 Å². The lowest BCUT2D eigenvalue weighted by Gasteiger charge is -2.08. The highest BCUT2D eigenvalue weighted by molar-refractivity contribution is 7.71. The van der Waals surface area contributed by atoms with E-state index in [4.69, 9.17) is 17.0 Å². The number of benzene rings is 1. The zero-order chi connectivity index (χ0) is 12.4. The van der Waals surface area contributed by atoms with Crippen LogP contribution in [0.15, 0.2) is 24.3 Å². The Morgan fingerprint density at radius 1 is 1.29 bits per heavy atom. The first kappa shape index (κ1) is 12.1. The van der Waals surface area contributed by atoms with Gasteiger partial charge in [-0.2, -0.15) is 0 Å². The molecule has 3 nitrogen and oxygen atoms in total. The molecule has 0 saturated heterocycles. The van der Waals surface area contributed by atoms with Crippen molar-refractivity contribution in [2.75, 3.05) is 7.11 Å². The molecule has 0 fully saturated rings. The lowest BCUT2D eigenvalue weighted by atomic mass is 10.1. The van der Waals surface area contributed by atoms with Gasteiger partial charge in [0.25, 0.3) is 0 Å². The van der Waals surface area contributed by atoms with Crippen molar-refractivity contribution in [3.8, 4) is 5.69 Å². The molecular weight excluding hydrogens is 232 g/mol. The number of hydrogen-bond donors (Lipinski definition) is 1. The number of hydrogen-bond acceptors (Lipinski definition) is 2. The summed E-state index contributed by atoms with van der Waals surface area (Å²) in [5.41, 5.74) is 4.49. The molecule has 0 spiro atoms. The monoisotopic (exact) mass is 248 g/mol. The van der Waals surface area contributed by atoms with Crippen LogP contribution in [0.5, 0.6) is 0 Å². The molecule has 0 aliphatic heterocycles. The molecule has 4 heteroatoms. The maximum Gasteiger partial charge on any atom is 0.128 e. The molecule has 1 heterocycles. The number of aromatic nitrogens is 2. The summed E-state index contributed by atoms with van der Waals surface area (Å²) in [4.78, 5) is 0. The number of ether oxygens (including phenoxy) is 1. The smallest absolute Gasteiger partial charge is 0.128 e. The zero-order valence-corrected chi connectivity index (χ0v) is 11.1. The van der Waals surface area contributed by atoms with Crippen LogP contribution in [-0.4, -0.2) is 16.9 Å². The van der Waals surface area contributed by atoms with E-state index in [9.17, 15) is 0 Å². The average Bonchev–Trinajstić information content (AvgIpc) is 2.64. The quantitative estimate of drug-likeness (QED) is 0.845. The van der Waals surface area contributed by atoms with Crippen LogP contribution < -0.4 is 0 Å². The predicted octanol–water partition coefficient (Wildman–Crippen LogP) is 3.30. The van der Waals surface area contributed by atoms with Crippen LogP contribution in [0.25, 0.3) is 5.69 Å². The minimum absolute atomic E-state index is 0.543. The zero-order valence-electron chi connectivity index (χ0n) is 10.3. The Kier molecular flexibility index (Phi) is 3.45. The summed E-state index contributed by atoms with van der Waals surface area (Å²) in [7, 11) is 1.67. The molecule has 0 aliphatic carbocycles. The van der Waals surface area contributed by atoms with Crippen LogP contribution in [0.4, 0.5) is 0 Å². The van der Waals surface area contributed by atoms with Gasteiger partial charge in [0.15, 0.2) is 0 Å². The molecule has 1 aromatic heterocycles. The van der Waals surface area contributed by atoms with Crippen LogP contribution in [0, 0.1) is 18.5 Å². The number of rotatable bonds is 3. The summed E-state index contributed by atoms with van der Waals surface area (Å²) in [5.74, 6) is 0. The molecule has 0 amide bonds. The third-order valence-electron chi connectivity index (χ3n) is 2.68. The minimum Gasteiger partial charge on any atom is -0.378 e. The van der Waals surface area contributed by atoms with E-state index in [1.807, 2.05) is 10.7 Å². The maximum absolute atomic E-state index is 5.35. The van der Waals surface area contributed by atoms with Crippen molar-refractivity contribution in [1.82, 2.24) is 9.78 Å². The Labute approximate surface area is 106 Å². The topological polar surface area (TPSA) is 29.9 Å².